The molecule has 0 heterocycles. The first kappa shape index (κ1) is 12.0. The number of rotatable bonds is 4. The van der Waals surface area contributed by atoms with E-state index in [1.54, 1.807) is 0 Å². The summed E-state index contributed by atoms with van der Waals surface area (Å²) >= 11 is 0. The van der Waals surface area contributed by atoms with Crippen LogP contribution in [0.3, 0.4) is 0 Å². The van der Waals surface area contributed by atoms with Crippen molar-refractivity contribution in [2.24, 2.45) is 5.41 Å². The Hall–Kier alpha value is -0.120. The van der Waals surface area contributed by atoms with E-state index in [1.807, 2.05) is 0 Å². The van der Waals surface area contributed by atoms with Crippen molar-refractivity contribution >= 4 is 0 Å². The number of hydrogen-bond donors (Lipinski definition) is 3. The van der Waals surface area contributed by atoms with Gasteiger partial charge in [0, 0.05) is 12.6 Å². The fraction of sp³-hybridized carbons (Fsp3) is 1.00. The molecule has 3 N–H and O–H groups in total. The minimum atomic E-state index is -0.611. The Balaban J connectivity index is 2.24. The molecule has 1 fully saturated rings. The van der Waals surface area contributed by atoms with Gasteiger partial charge in [-0.2, -0.15) is 0 Å². The van der Waals surface area contributed by atoms with Crippen molar-refractivity contribution in [2.45, 2.75) is 51.7 Å². The fourth-order valence-electron chi connectivity index (χ4n) is 2.24. The summed E-state index contributed by atoms with van der Waals surface area (Å²) in [4.78, 5) is 0. The summed E-state index contributed by atoms with van der Waals surface area (Å²) in [7, 11) is 0. The van der Waals surface area contributed by atoms with Crippen LogP contribution >= 0.6 is 0 Å². The molecule has 0 radical (unpaired) electrons. The molecule has 0 aromatic rings. The van der Waals surface area contributed by atoms with Gasteiger partial charge in [0.25, 0.3) is 0 Å². The number of nitrogens with one attached hydrogen (secondary N) is 1. The van der Waals surface area contributed by atoms with E-state index in [1.165, 1.54) is 25.7 Å². The molecule has 1 rings (SSSR count). The second-order valence-electron chi connectivity index (χ2n) is 5.20. The summed E-state index contributed by atoms with van der Waals surface area (Å²) in [6.07, 6.45) is 4.32. The lowest BCUT2D eigenvalue weighted by molar-refractivity contribution is 0.0861. The molecule has 0 saturated heterocycles. The van der Waals surface area contributed by atoms with Crippen LogP contribution in [0.1, 0.15) is 39.5 Å². The van der Waals surface area contributed by atoms with Gasteiger partial charge in [0.05, 0.1) is 12.7 Å². The van der Waals surface area contributed by atoms with Crippen LogP contribution in [0, 0.1) is 5.41 Å². The largest absolute Gasteiger partial charge is 0.394 e. The van der Waals surface area contributed by atoms with Crippen LogP contribution in [0.15, 0.2) is 0 Å². The molecule has 3 nitrogen and oxygen atoms in total. The van der Waals surface area contributed by atoms with Crippen LogP contribution in [-0.4, -0.2) is 35.5 Å². The van der Waals surface area contributed by atoms with Crippen LogP contribution in [0.25, 0.3) is 0 Å². The molecule has 0 bridgehead atoms. The molecular formula is C11H23NO2. The summed E-state index contributed by atoms with van der Waals surface area (Å²) < 4.78 is 0. The van der Waals surface area contributed by atoms with Gasteiger partial charge in [0.2, 0.25) is 0 Å². The SMILES string of the molecule is CC1(C)CCCC(NCC(O)CO)C1. The molecule has 84 valence electrons. The van der Waals surface area contributed by atoms with E-state index in [-0.39, 0.29) is 6.61 Å². The molecule has 0 aromatic heterocycles. The zero-order chi connectivity index (χ0) is 10.6. The molecule has 1 aliphatic carbocycles. The van der Waals surface area contributed by atoms with Crippen LogP contribution in [0.5, 0.6) is 0 Å². The lowest BCUT2D eigenvalue weighted by atomic mass is 9.75. The van der Waals surface area contributed by atoms with Crippen molar-refractivity contribution < 1.29 is 10.2 Å². The highest BCUT2D eigenvalue weighted by atomic mass is 16.3. The Morgan fingerprint density at radius 2 is 2.21 bits per heavy atom. The summed E-state index contributed by atoms with van der Waals surface area (Å²) in [6.45, 7) is 4.95. The van der Waals surface area contributed by atoms with Gasteiger partial charge < -0.3 is 15.5 Å². The van der Waals surface area contributed by atoms with Crippen molar-refractivity contribution in [1.29, 1.82) is 0 Å². The monoisotopic (exact) mass is 201 g/mol. The standard InChI is InChI=1S/C11H23NO2/c1-11(2)5-3-4-9(6-11)12-7-10(14)8-13/h9-10,12-14H,3-8H2,1-2H3. The average molecular weight is 201 g/mol. The molecule has 3 heteroatoms. The maximum absolute atomic E-state index is 9.21. The molecule has 0 aliphatic heterocycles. The van der Waals surface area contributed by atoms with Gasteiger partial charge in [-0.05, 0) is 24.7 Å². The zero-order valence-corrected chi connectivity index (χ0v) is 9.29. The molecule has 14 heavy (non-hydrogen) atoms. The Morgan fingerprint density at radius 1 is 1.50 bits per heavy atom. The van der Waals surface area contributed by atoms with E-state index in [0.717, 1.165) is 0 Å². The van der Waals surface area contributed by atoms with E-state index >= 15 is 0 Å². The Morgan fingerprint density at radius 3 is 2.79 bits per heavy atom. The molecule has 0 amide bonds. The number of aliphatic hydroxyl groups excluding tert-OH is 2. The third kappa shape index (κ3) is 3.95. The predicted octanol–water partition coefficient (Wildman–Crippen LogP) is 0.898. The lowest BCUT2D eigenvalue weighted by Gasteiger charge is -2.36. The van der Waals surface area contributed by atoms with Crippen molar-refractivity contribution in [3.63, 3.8) is 0 Å². The van der Waals surface area contributed by atoms with E-state index < -0.39 is 6.10 Å². The van der Waals surface area contributed by atoms with E-state index in [4.69, 9.17) is 5.11 Å². The highest BCUT2D eigenvalue weighted by Gasteiger charge is 2.27. The molecular weight excluding hydrogens is 178 g/mol. The Labute approximate surface area is 86.5 Å². The van der Waals surface area contributed by atoms with Gasteiger partial charge in [-0.25, -0.2) is 0 Å². The fourth-order valence-corrected chi connectivity index (χ4v) is 2.24. The Kier molecular flexibility index (Phi) is 4.35. The molecule has 1 saturated carbocycles. The minimum Gasteiger partial charge on any atom is -0.394 e. The van der Waals surface area contributed by atoms with Crippen molar-refractivity contribution in [2.75, 3.05) is 13.2 Å². The minimum absolute atomic E-state index is 0.150. The highest BCUT2D eigenvalue weighted by Crippen LogP contribution is 2.34. The zero-order valence-electron chi connectivity index (χ0n) is 9.29. The van der Waals surface area contributed by atoms with Gasteiger partial charge in [-0.1, -0.05) is 20.3 Å². The van der Waals surface area contributed by atoms with Gasteiger partial charge in [0.1, 0.15) is 0 Å². The quantitative estimate of drug-likeness (QED) is 0.633. The molecule has 2 unspecified atom stereocenters. The van der Waals surface area contributed by atoms with Crippen LogP contribution in [-0.2, 0) is 0 Å². The maximum atomic E-state index is 9.21. The highest BCUT2D eigenvalue weighted by molar-refractivity contribution is 4.83. The smallest absolute Gasteiger partial charge is 0.0895 e. The summed E-state index contributed by atoms with van der Waals surface area (Å²) in [5, 5.41) is 21.2. The molecule has 0 aromatic carbocycles. The van der Waals surface area contributed by atoms with Crippen molar-refractivity contribution in [3.05, 3.63) is 0 Å². The maximum Gasteiger partial charge on any atom is 0.0895 e. The van der Waals surface area contributed by atoms with Gasteiger partial charge >= 0.3 is 0 Å². The lowest BCUT2D eigenvalue weighted by Crippen LogP contribution is -2.41. The molecule has 1 aliphatic rings. The third-order valence-electron chi connectivity index (χ3n) is 3.06. The number of aliphatic hydroxyl groups is 2. The third-order valence-corrected chi connectivity index (χ3v) is 3.06. The first-order chi connectivity index (χ1) is 6.53. The first-order valence-electron chi connectivity index (χ1n) is 5.56. The predicted molar refractivity (Wildman–Crippen MR) is 57.1 cm³/mol. The van der Waals surface area contributed by atoms with Crippen molar-refractivity contribution in [3.8, 4) is 0 Å². The number of hydrogen-bond acceptors (Lipinski definition) is 3. The van der Waals surface area contributed by atoms with Crippen LogP contribution < -0.4 is 5.32 Å². The normalized spacial score (nSPS) is 28.7. The second kappa shape index (κ2) is 5.10. The summed E-state index contributed by atoms with van der Waals surface area (Å²) in [5.74, 6) is 0. The van der Waals surface area contributed by atoms with Gasteiger partial charge in [-0.15, -0.1) is 0 Å². The first-order valence-corrected chi connectivity index (χ1v) is 5.56. The van der Waals surface area contributed by atoms with E-state index in [0.29, 0.717) is 18.0 Å². The molecule has 2 atom stereocenters. The summed E-state index contributed by atoms with van der Waals surface area (Å²) in [5.41, 5.74) is 0.431. The van der Waals surface area contributed by atoms with E-state index in [2.05, 4.69) is 19.2 Å². The average Bonchev–Trinajstić information content (AvgIpc) is 2.12. The van der Waals surface area contributed by atoms with Gasteiger partial charge in [-0.3, -0.25) is 0 Å². The summed E-state index contributed by atoms with van der Waals surface area (Å²) in [6, 6.07) is 0.514. The van der Waals surface area contributed by atoms with E-state index in [9.17, 15) is 5.11 Å². The van der Waals surface area contributed by atoms with Crippen LogP contribution in [0.2, 0.25) is 0 Å². The van der Waals surface area contributed by atoms with Gasteiger partial charge in [0.15, 0.2) is 0 Å². The topological polar surface area (TPSA) is 52.5 Å². The van der Waals surface area contributed by atoms with Crippen LogP contribution in [0.4, 0.5) is 0 Å². The Bertz CT molecular complexity index is 171. The van der Waals surface area contributed by atoms with Crippen molar-refractivity contribution in [1.82, 2.24) is 5.32 Å². The second-order valence-corrected chi connectivity index (χ2v) is 5.20. The molecule has 0 spiro atoms.